The van der Waals surface area contributed by atoms with E-state index in [1.54, 1.807) is 0 Å². The van der Waals surface area contributed by atoms with Crippen LogP contribution in [0.4, 0.5) is 0 Å². The zero-order valence-corrected chi connectivity index (χ0v) is 22.0. The average Bonchev–Trinajstić information content (AvgIpc) is 2.62. The van der Waals surface area contributed by atoms with Crippen molar-refractivity contribution in [1.29, 1.82) is 0 Å². The van der Waals surface area contributed by atoms with Crippen LogP contribution in [0.3, 0.4) is 0 Å². The van der Waals surface area contributed by atoms with Crippen molar-refractivity contribution in [3.05, 3.63) is 59.7 Å². The summed E-state index contributed by atoms with van der Waals surface area (Å²) >= 11 is 3.77. The Hall–Kier alpha value is -1.52. The Kier molecular flexibility index (Phi) is 9.03. The molecule has 0 heterocycles. The fourth-order valence-electron chi connectivity index (χ4n) is 2.85. The summed E-state index contributed by atoms with van der Waals surface area (Å²) in [6, 6.07) is 17.0. The molecule has 0 atom stereocenters. The molecule has 2 nitrogen and oxygen atoms in total. The molecule has 0 aromatic heterocycles. The van der Waals surface area contributed by atoms with Crippen LogP contribution in [0, 0.1) is 5.41 Å². The van der Waals surface area contributed by atoms with Crippen LogP contribution in [0.1, 0.15) is 66.5 Å². The predicted octanol–water partition coefficient (Wildman–Crippen LogP) is 8.03. The molecule has 0 unspecified atom stereocenters. The second-order valence-corrected chi connectivity index (χ2v) is 14.3. The van der Waals surface area contributed by atoms with Crippen LogP contribution >= 0.6 is 23.5 Å². The quantitative estimate of drug-likeness (QED) is 0.298. The third-order valence-electron chi connectivity index (χ3n) is 4.17. The Morgan fingerprint density at radius 1 is 0.613 bits per heavy atom. The first-order valence-corrected chi connectivity index (χ1v) is 12.5. The van der Waals surface area contributed by atoms with Gasteiger partial charge in [-0.15, -0.1) is 23.5 Å². The number of benzene rings is 2. The number of hydrogen-bond acceptors (Lipinski definition) is 4. The predicted molar refractivity (Wildman–Crippen MR) is 143 cm³/mol. The van der Waals surface area contributed by atoms with Gasteiger partial charge in [-0.3, -0.25) is 9.98 Å². The fourth-order valence-corrected chi connectivity index (χ4v) is 4.94. The highest BCUT2D eigenvalue weighted by molar-refractivity contribution is 8.01. The summed E-state index contributed by atoms with van der Waals surface area (Å²) in [5.41, 5.74) is 2.38. The Morgan fingerprint density at radius 3 is 1.32 bits per heavy atom. The molecule has 0 radical (unpaired) electrons. The lowest BCUT2D eigenvalue weighted by molar-refractivity contribution is 0.396. The minimum absolute atomic E-state index is 0.00519. The normalized spacial score (nSPS) is 13.4. The van der Waals surface area contributed by atoms with E-state index in [-0.39, 0.29) is 14.9 Å². The molecule has 0 aliphatic rings. The van der Waals surface area contributed by atoms with E-state index in [0.29, 0.717) is 0 Å². The Labute approximate surface area is 198 Å². The molecule has 168 valence electrons. The van der Waals surface area contributed by atoms with Gasteiger partial charge in [-0.1, -0.05) is 91.8 Å². The fraction of sp³-hybridized carbons (Fsp3) is 0.481. The van der Waals surface area contributed by atoms with Crippen molar-refractivity contribution >= 4 is 36.0 Å². The lowest BCUT2D eigenvalue weighted by Crippen LogP contribution is -2.20. The molecule has 2 rings (SSSR count). The van der Waals surface area contributed by atoms with Crippen molar-refractivity contribution in [3.8, 4) is 0 Å². The summed E-state index contributed by atoms with van der Waals surface area (Å²) in [7, 11) is 0. The van der Waals surface area contributed by atoms with Crippen LogP contribution in [0.25, 0.3) is 0 Å². The van der Waals surface area contributed by atoms with Crippen LogP contribution in [0.15, 0.2) is 68.3 Å². The van der Waals surface area contributed by atoms with Gasteiger partial charge in [0.2, 0.25) is 0 Å². The zero-order chi connectivity index (χ0) is 23.1. The first kappa shape index (κ1) is 25.7. The van der Waals surface area contributed by atoms with Crippen molar-refractivity contribution in [2.24, 2.45) is 15.4 Å². The minimum Gasteiger partial charge on any atom is -0.292 e. The van der Waals surface area contributed by atoms with Crippen molar-refractivity contribution in [3.63, 3.8) is 0 Å². The average molecular weight is 455 g/mol. The highest BCUT2D eigenvalue weighted by Crippen LogP contribution is 2.34. The van der Waals surface area contributed by atoms with E-state index < -0.39 is 0 Å². The van der Waals surface area contributed by atoms with E-state index in [1.807, 2.05) is 36.0 Å². The number of thioether (sulfide) groups is 2. The second kappa shape index (κ2) is 10.9. The maximum absolute atomic E-state index is 4.78. The van der Waals surface area contributed by atoms with Crippen LogP contribution in [-0.4, -0.2) is 35.0 Å². The van der Waals surface area contributed by atoms with Crippen molar-refractivity contribution in [1.82, 2.24) is 0 Å². The first-order valence-electron chi connectivity index (χ1n) is 10.9. The van der Waals surface area contributed by atoms with Crippen LogP contribution in [0.2, 0.25) is 0 Å². The van der Waals surface area contributed by atoms with E-state index in [4.69, 9.17) is 9.98 Å². The molecule has 0 spiro atoms. The van der Waals surface area contributed by atoms with Gasteiger partial charge in [0.05, 0.1) is 0 Å². The van der Waals surface area contributed by atoms with E-state index >= 15 is 0 Å². The van der Waals surface area contributed by atoms with Gasteiger partial charge < -0.3 is 0 Å². The Morgan fingerprint density at radius 2 is 0.968 bits per heavy atom. The first-order chi connectivity index (χ1) is 14.3. The Bertz CT molecular complexity index is 826. The summed E-state index contributed by atoms with van der Waals surface area (Å²) in [5.74, 6) is 0. The van der Waals surface area contributed by atoms with Gasteiger partial charge >= 0.3 is 0 Å². The van der Waals surface area contributed by atoms with E-state index in [2.05, 4.69) is 104 Å². The number of hydrogen-bond donors (Lipinski definition) is 0. The highest BCUT2D eigenvalue weighted by atomic mass is 32.2. The number of rotatable bonds is 8. The standard InChI is InChI=1S/C27H38N2S2/c1-25(2,3)30-23-15-11-9-13-21(23)17-28-19-27(7,8)20-29-18-22-14-10-12-16-24(22)31-26(4,5)6/h9-18H,19-20H2,1-8H3/b28-17+,29-18+. The maximum Gasteiger partial charge on any atom is 0.0458 e. The van der Waals surface area contributed by atoms with Crippen molar-refractivity contribution in [2.75, 3.05) is 13.1 Å². The molecule has 31 heavy (non-hydrogen) atoms. The molecular weight excluding hydrogens is 416 g/mol. The molecular formula is C27H38N2S2. The van der Waals surface area contributed by atoms with Gasteiger partial charge in [0.25, 0.3) is 0 Å². The summed E-state index contributed by atoms with van der Waals surface area (Å²) in [4.78, 5) is 12.1. The zero-order valence-electron chi connectivity index (χ0n) is 20.4. The lowest BCUT2D eigenvalue weighted by Gasteiger charge is -2.21. The summed E-state index contributed by atoms with van der Waals surface area (Å²) < 4.78 is 0.360. The van der Waals surface area contributed by atoms with Crippen molar-refractivity contribution < 1.29 is 0 Å². The third-order valence-corrected chi connectivity index (χ3v) is 6.58. The van der Waals surface area contributed by atoms with Gasteiger partial charge in [0.15, 0.2) is 0 Å². The third kappa shape index (κ3) is 10.1. The molecule has 0 aliphatic heterocycles. The van der Waals surface area contributed by atoms with E-state index in [0.717, 1.165) is 13.1 Å². The lowest BCUT2D eigenvalue weighted by atomic mass is 9.94. The van der Waals surface area contributed by atoms with Crippen LogP contribution in [0.5, 0.6) is 0 Å². The van der Waals surface area contributed by atoms with E-state index in [1.165, 1.54) is 20.9 Å². The molecule has 0 saturated heterocycles. The van der Waals surface area contributed by atoms with Gasteiger partial charge in [0, 0.05) is 61.3 Å². The SMILES string of the molecule is CC(C)(C/N=C/c1ccccc1SC(C)(C)C)C/N=C/c1ccccc1SC(C)(C)C. The van der Waals surface area contributed by atoms with E-state index in [9.17, 15) is 0 Å². The van der Waals surface area contributed by atoms with Crippen LogP contribution < -0.4 is 0 Å². The molecule has 4 heteroatoms. The smallest absolute Gasteiger partial charge is 0.0458 e. The van der Waals surface area contributed by atoms with Crippen molar-refractivity contribution in [2.45, 2.75) is 74.7 Å². The topological polar surface area (TPSA) is 24.7 Å². The largest absolute Gasteiger partial charge is 0.292 e. The van der Waals surface area contributed by atoms with Gasteiger partial charge in [-0.05, 0) is 12.1 Å². The molecule has 2 aromatic carbocycles. The second-order valence-electron chi connectivity index (χ2n) is 10.6. The summed E-state index contributed by atoms with van der Waals surface area (Å²) in [6.45, 7) is 19.4. The Balaban J connectivity index is 2.01. The van der Waals surface area contributed by atoms with Gasteiger partial charge in [-0.25, -0.2) is 0 Å². The number of nitrogens with zero attached hydrogens (tertiary/aromatic N) is 2. The summed E-state index contributed by atoms with van der Waals surface area (Å²) in [5, 5.41) is 0. The molecule has 0 bridgehead atoms. The van der Waals surface area contributed by atoms with Crippen LogP contribution in [-0.2, 0) is 0 Å². The highest BCUT2D eigenvalue weighted by Gasteiger charge is 2.18. The monoisotopic (exact) mass is 454 g/mol. The molecule has 0 amide bonds. The molecule has 0 aliphatic carbocycles. The summed E-state index contributed by atoms with van der Waals surface area (Å²) in [6.07, 6.45) is 4.05. The minimum atomic E-state index is 0.00519. The molecule has 0 fully saturated rings. The van der Waals surface area contributed by atoms with Gasteiger partial charge in [-0.2, -0.15) is 0 Å². The molecule has 2 aromatic rings. The molecule has 0 N–H and O–H groups in total. The number of aliphatic imine (C=N–C) groups is 2. The molecule has 0 saturated carbocycles. The van der Waals surface area contributed by atoms with Gasteiger partial charge in [0.1, 0.15) is 0 Å². The maximum atomic E-state index is 4.78.